The molecule has 0 aliphatic carbocycles. The summed E-state index contributed by atoms with van der Waals surface area (Å²) < 4.78 is 5.12. The molecule has 6 heteroatoms. The van der Waals surface area contributed by atoms with Gasteiger partial charge in [-0.25, -0.2) is 4.99 Å². The first kappa shape index (κ1) is 19.2. The lowest BCUT2D eigenvalue weighted by atomic mass is 10.1. The molecule has 0 atom stereocenters. The topological polar surface area (TPSA) is 63.0 Å². The number of hydrogen-bond acceptors (Lipinski definition) is 5. The summed E-state index contributed by atoms with van der Waals surface area (Å²) in [5.41, 5.74) is 3.30. The van der Waals surface area contributed by atoms with E-state index < -0.39 is 5.66 Å². The van der Waals surface area contributed by atoms with Crippen molar-refractivity contribution < 1.29 is 9.53 Å². The first-order chi connectivity index (χ1) is 12.9. The molecule has 1 N–H and O–H groups in total. The van der Waals surface area contributed by atoms with Crippen LogP contribution in [0.15, 0.2) is 58.5 Å². The van der Waals surface area contributed by atoms with Gasteiger partial charge in [0, 0.05) is 11.3 Å². The Bertz CT molecular complexity index is 885. The minimum atomic E-state index is -0.505. The van der Waals surface area contributed by atoms with Crippen LogP contribution >= 0.6 is 11.8 Å². The summed E-state index contributed by atoms with van der Waals surface area (Å²) in [7, 11) is 1.61. The molecule has 1 aliphatic heterocycles. The van der Waals surface area contributed by atoms with Gasteiger partial charge in [-0.2, -0.15) is 0 Å². The Balaban J connectivity index is 1.65. The van der Waals surface area contributed by atoms with Crippen LogP contribution in [-0.2, 0) is 4.79 Å². The zero-order valence-corrected chi connectivity index (χ0v) is 16.8. The summed E-state index contributed by atoms with van der Waals surface area (Å²) in [4.78, 5) is 21.7. The highest BCUT2D eigenvalue weighted by Gasteiger charge is 2.28. The number of hydrogen-bond donors (Lipinski definition) is 1. The summed E-state index contributed by atoms with van der Waals surface area (Å²) in [6, 6.07) is 15.5. The van der Waals surface area contributed by atoms with Gasteiger partial charge in [-0.15, -0.1) is 0 Å². The third-order valence-corrected chi connectivity index (χ3v) is 4.97. The number of anilines is 1. The first-order valence-corrected chi connectivity index (χ1v) is 9.69. The van der Waals surface area contributed by atoms with Gasteiger partial charge in [0.15, 0.2) is 0 Å². The van der Waals surface area contributed by atoms with E-state index in [4.69, 9.17) is 9.73 Å². The highest BCUT2D eigenvalue weighted by molar-refractivity contribution is 8.16. The molecular formula is C21H23N3O2S. The molecule has 2 aromatic carbocycles. The van der Waals surface area contributed by atoms with Crippen molar-refractivity contribution >= 4 is 34.1 Å². The normalized spacial score (nSPS) is 15.1. The fraction of sp³-hybridized carbons (Fsp3) is 0.286. The summed E-state index contributed by atoms with van der Waals surface area (Å²) in [6.07, 6.45) is 0. The van der Waals surface area contributed by atoms with Gasteiger partial charge in [0.05, 0.1) is 18.6 Å². The lowest BCUT2D eigenvalue weighted by molar-refractivity contribution is -0.113. The number of rotatable bonds is 5. The molecule has 0 bridgehead atoms. The number of ether oxygens (including phenoxy) is 1. The molecule has 140 valence electrons. The number of thioether (sulfide) groups is 1. The molecule has 0 fully saturated rings. The molecule has 1 heterocycles. The predicted molar refractivity (Wildman–Crippen MR) is 113 cm³/mol. The van der Waals surface area contributed by atoms with E-state index in [1.54, 1.807) is 7.11 Å². The summed E-state index contributed by atoms with van der Waals surface area (Å²) >= 11 is 1.41. The van der Waals surface area contributed by atoms with Crippen LogP contribution in [0, 0.1) is 6.92 Å². The van der Waals surface area contributed by atoms with Gasteiger partial charge < -0.3 is 10.1 Å². The van der Waals surface area contributed by atoms with E-state index in [2.05, 4.69) is 29.4 Å². The van der Waals surface area contributed by atoms with Crippen molar-refractivity contribution in [2.45, 2.75) is 26.4 Å². The second-order valence-electron chi connectivity index (χ2n) is 6.80. The van der Waals surface area contributed by atoms with E-state index in [9.17, 15) is 4.79 Å². The molecule has 0 saturated carbocycles. The minimum Gasteiger partial charge on any atom is -0.497 e. The quantitative estimate of drug-likeness (QED) is 0.839. The fourth-order valence-electron chi connectivity index (χ4n) is 2.65. The lowest BCUT2D eigenvalue weighted by Crippen LogP contribution is -2.17. The number of benzene rings is 2. The smallest absolute Gasteiger partial charge is 0.234 e. The van der Waals surface area contributed by atoms with E-state index in [-0.39, 0.29) is 11.7 Å². The maximum absolute atomic E-state index is 12.3. The van der Waals surface area contributed by atoms with Crippen molar-refractivity contribution in [3.8, 4) is 5.75 Å². The number of carbonyl (C=O) groups excluding carboxylic acids is 1. The molecule has 0 spiro atoms. The van der Waals surface area contributed by atoms with Crippen LogP contribution < -0.4 is 10.1 Å². The van der Waals surface area contributed by atoms with E-state index >= 15 is 0 Å². The molecule has 0 aromatic heterocycles. The Hall–Kier alpha value is -2.60. The number of aliphatic imine (C=N–C) groups is 2. The molecule has 1 amide bonds. The number of methoxy groups -OCH3 is 1. The van der Waals surface area contributed by atoms with Gasteiger partial charge in [0.25, 0.3) is 0 Å². The summed E-state index contributed by atoms with van der Waals surface area (Å²) in [5, 5.41) is 3.69. The van der Waals surface area contributed by atoms with E-state index in [1.807, 2.05) is 50.2 Å². The van der Waals surface area contributed by atoms with Crippen molar-refractivity contribution in [3.63, 3.8) is 0 Å². The Labute approximate surface area is 164 Å². The van der Waals surface area contributed by atoms with Crippen LogP contribution in [-0.4, -0.2) is 35.2 Å². The van der Waals surface area contributed by atoms with Crippen LogP contribution in [0.1, 0.15) is 25.0 Å². The zero-order valence-electron chi connectivity index (χ0n) is 15.9. The third kappa shape index (κ3) is 4.98. The molecule has 3 rings (SSSR count). The van der Waals surface area contributed by atoms with Crippen molar-refractivity contribution in [2.24, 2.45) is 9.98 Å². The van der Waals surface area contributed by atoms with Crippen LogP contribution in [0.5, 0.6) is 5.75 Å². The van der Waals surface area contributed by atoms with E-state index in [0.717, 1.165) is 27.8 Å². The molecular weight excluding hydrogens is 358 g/mol. The van der Waals surface area contributed by atoms with Gasteiger partial charge in [0.2, 0.25) is 5.91 Å². The van der Waals surface area contributed by atoms with Crippen LogP contribution in [0.3, 0.4) is 0 Å². The van der Waals surface area contributed by atoms with Gasteiger partial charge in [0.1, 0.15) is 16.5 Å². The Morgan fingerprint density at radius 2 is 1.74 bits per heavy atom. The second-order valence-corrected chi connectivity index (χ2v) is 7.77. The van der Waals surface area contributed by atoms with Crippen molar-refractivity contribution in [3.05, 3.63) is 59.7 Å². The van der Waals surface area contributed by atoms with Crippen LogP contribution in [0.2, 0.25) is 0 Å². The SMILES string of the molecule is COc1ccc(NC(=O)CSC2=NC(C)(C)N=C2c2ccc(C)cc2)cc1. The highest BCUT2D eigenvalue weighted by atomic mass is 32.2. The van der Waals surface area contributed by atoms with E-state index in [0.29, 0.717) is 0 Å². The van der Waals surface area contributed by atoms with Crippen molar-refractivity contribution in [1.82, 2.24) is 0 Å². The highest BCUT2D eigenvalue weighted by Crippen LogP contribution is 2.27. The summed E-state index contributed by atoms with van der Waals surface area (Å²) in [6.45, 7) is 5.98. The molecule has 1 aliphatic rings. The lowest BCUT2D eigenvalue weighted by Gasteiger charge is -2.08. The number of nitrogens with zero attached hydrogens (tertiary/aromatic N) is 2. The van der Waals surface area contributed by atoms with Gasteiger partial charge in [-0.3, -0.25) is 9.79 Å². The fourth-order valence-corrected chi connectivity index (χ4v) is 3.58. The van der Waals surface area contributed by atoms with E-state index in [1.165, 1.54) is 17.3 Å². The van der Waals surface area contributed by atoms with Gasteiger partial charge in [-0.1, -0.05) is 41.6 Å². The standard InChI is InChI=1S/C21H23N3O2S/c1-14-5-7-15(8-6-14)19-20(24-21(2,3)23-19)27-13-18(25)22-16-9-11-17(26-4)12-10-16/h5-12H,13H2,1-4H3,(H,22,25). The third-order valence-electron chi connectivity index (χ3n) is 4.00. The number of nitrogens with one attached hydrogen (secondary N) is 1. The predicted octanol–water partition coefficient (Wildman–Crippen LogP) is 4.31. The first-order valence-electron chi connectivity index (χ1n) is 8.70. The van der Waals surface area contributed by atoms with Crippen LogP contribution in [0.25, 0.3) is 0 Å². The minimum absolute atomic E-state index is 0.0826. The van der Waals surface area contributed by atoms with Gasteiger partial charge >= 0.3 is 0 Å². The summed E-state index contributed by atoms with van der Waals surface area (Å²) in [5.74, 6) is 0.941. The molecule has 0 unspecified atom stereocenters. The van der Waals surface area contributed by atoms with Crippen molar-refractivity contribution in [2.75, 3.05) is 18.2 Å². The number of aryl methyl sites for hydroxylation is 1. The number of amides is 1. The Morgan fingerprint density at radius 3 is 2.37 bits per heavy atom. The average molecular weight is 382 g/mol. The Kier molecular flexibility index (Phi) is 5.65. The Morgan fingerprint density at radius 1 is 1.07 bits per heavy atom. The number of carbonyl (C=O) groups is 1. The average Bonchev–Trinajstić information content (AvgIpc) is 2.96. The second kappa shape index (κ2) is 7.96. The zero-order chi connectivity index (χ0) is 19.4. The largest absolute Gasteiger partial charge is 0.497 e. The molecule has 27 heavy (non-hydrogen) atoms. The molecule has 5 nitrogen and oxygen atoms in total. The van der Waals surface area contributed by atoms with Crippen molar-refractivity contribution in [1.29, 1.82) is 0 Å². The maximum atomic E-state index is 12.3. The van der Waals surface area contributed by atoms with Gasteiger partial charge in [-0.05, 0) is 45.0 Å². The molecule has 0 saturated heterocycles. The van der Waals surface area contributed by atoms with Crippen LogP contribution in [0.4, 0.5) is 5.69 Å². The molecule has 2 aromatic rings. The maximum Gasteiger partial charge on any atom is 0.234 e. The monoisotopic (exact) mass is 381 g/mol. The molecule has 0 radical (unpaired) electrons.